The van der Waals surface area contributed by atoms with Crippen molar-refractivity contribution in [2.24, 2.45) is 5.41 Å². The predicted octanol–water partition coefficient (Wildman–Crippen LogP) is 3.57. The van der Waals surface area contributed by atoms with Crippen LogP contribution in [0, 0.1) is 5.41 Å². The summed E-state index contributed by atoms with van der Waals surface area (Å²) in [5.74, 6) is 0.939. The van der Waals surface area contributed by atoms with Gasteiger partial charge in [-0.25, -0.2) is 15.0 Å². The fourth-order valence-electron chi connectivity index (χ4n) is 3.73. The van der Waals surface area contributed by atoms with Crippen molar-refractivity contribution in [2.45, 2.75) is 49.1 Å². The van der Waals surface area contributed by atoms with Gasteiger partial charge in [0.05, 0.1) is 6.10 Å². The first-order valence-electron chi connectivity index (χ1n) is 7.80. The van der Waals surface area contributed by atoms with Gasteiger partial charge in [-0.15, -0.1) is 11.3 Å². The van der Waals surface area contributed by atoms with E-state index in [-0.39, 0.29) is 0 Å². The molecule has 0 saturated heterocycles. The molecule has 2 atom stereocenters. The van der Waals surface area contributed by atoms with E-state index in [1.165, 1.54) is 19.3 Å². The molecule has 22 heavy (non-hydrogen) atoms. The van der Waals surface area contributed by atoms with Gasteiger partial charge in [-0.3, -0.25) is 0 Å². The molecule has 0 radical (unpaired) electrons. The van der Waals surface area contributed by atoms with Crippen LogP contribution in [0.15, 0.2) is 10.7 Å². The number of aromatic nitrogens is 3. The van der Waals surface area contributed by atoms with Crippen LogP contribution >= 0.6 is 23.1 Å². The van der Waals surface area contributed by atoms with Crippen molar-refractivity contribution < 1.29 is 4.74 Å². The number of thioether (sulfide) groups is 1. The summed E-state index contributed by atoms with van der Waals surface area (Å²) in [7, 11) is 0. The SMILES string of the molecule is CCOC1CC(Nc2ncnc3nc(SC)sc23)C12CCC2. The summed E-state index contributed by atoms with van der Waals surface area (Å²) >= 11 is 3.33. The van der Waals surface area contributed by atoms with Crippen LogP contribution in [0.2, 0.25) is 0 Å². The van der Waals surface area contributed by atoms with E-state index in [4.69, 9.17) is 4.74 Å². The number of ether oxygens (including phenoxy) is 1. The molecule has 0 amide bonds. The van der Waals surface area contributed by atoms with Gasteiger partial charge < -0.3 is 10.1 Å². The number of fused-ring (bicyclic) bond motifs is 1. The van der Waals surface area contributed by atoms with Crippen molar-refractivity contribution in [1.82, 2.24) is 15.0 Å². The highest BCUT2D eigenvalue weighted by atomic mass is 32.2. The highest BCUT2D eigenvalue weighted by Gasteiger charge is 2.59. The Morgan fingerprint density at radius 2 is 2.32 bits per heavy atom. The number of nitrogens with one attached hydrogen (secondary N) is 1. The Labute approximate surface area is 138 Å². The number of hydrogen-bond donors (Lipinski definition) is 1. The topological polar surface area (TPSA) is 59.9 Å². The van der Waals surface area contributed by atoms with Gasteiger partial charge in [0, 0.05) is 18.1 Å². The van der Waals surface area contributed by atoms with Crippen molar-refractivity contribution in [3.63, 3.8) is 0 Å². The molecule has 0 bridgehead atoms. The summed E-state index contributed by atoms with van der Waals surface area (Å²) in [5, 5.41) is 3.67. The van der Waals surface area contributed by atoms with Crippen LogP contribution in [0.4, 0.5) is 5.82 Å². The van der Waals surface area contributed by atoms with Gasteiger partial charge in [-0.05, 0) is 32.4 Å². The van der Waals surface area contributed by atoms with Gasteiger partial charge in [-0.2, -0.15) is 0 Å². The van der Waals surface area contributed by atoms with Crippen LogP contribution in [0.3, 0.4) is 0 Å². The lowest BCUT2D eigenvalue weighted by Gasteiger charge is -2.61. The first-order valence-corrected chi connectivity index (χ1v) is 9.84. The highest BCUT2D eigenvalue weighted by molar-refractivity contribution is 8.00. The zero-order valence-corrected chi connectivity index (χ0v) is 14.5. The van der Waals surface area contributed by atoms with Gasteiger partial charge in [0.25, 0.3) is 0 Å². The zero-order valence-electron chi connectivity index (χ0n) is 12.8. The lowest BCUT2D eigenvalue weighted by molar-refractivity contribution is -0.157. The molecular formula is C15H20N4OS2. The Hall–Kier alpha value is -0.920. The Kier molecular flexibility index (Phi) is 3.74. The minimum absolute atomic E-state index is 0.334. The highest BCUT2D eigenvalue weighted by Crippen LogP contribution is 2.58. The second-order valence-electron chi connectivity index (χ2n) is 6.02. The predicted molar refractivity (Wildman–Crippen MR) is 90.7 cm³/mol. The van der Waals surface area contributed by atoms with E-state index in [0.717, 1.165) is 33.5 Å². The number of anilines is 1. The molecule has 5 nitrogen and oxygen atoms in total. The summed E-state index contributed by atoms with van der Waals surface area (Å²) < 4.78 is 8.04. The normalized spacial score (nSPS) is 25.9. The average Bonchev–Trinajstić information content (AvgIpc) is 2.88. The molecule has 2 aliphatic carbocycles. The quantitative estimate of drug-likeness (QED) is 0.842. The van der Waals surface area contributed by atoms with Crippen LogP contribution in [0.5, 0.6) is 0 Å². The lowest BCUT2D eigenvalue weighted by Crippen LogP contribution is -2.64. The average molecular weight is 336 g/mol. The van der Waals surface area contributed by atoms with Gasteiger partial charge in [0.1, 0.15) is 16.8 Å². The second kappa shape index (κ2) is 5.62. The molecule has 4 rings (SSSR count). The summed E-state index contributed by atoms with van der Waals surface area (Å²) in [4.78, 5) is 13.3. The molecule has 1 N–H and O–H groups in total. The molecule has 7 heteroatoms. The fourth-order valence-corrected chi connectivity index (χ4v) is 5.20. The maximum absolute atomic E-state index is 5.93. The molecular weight excluding hydrogens is 316 g/mol. The van der Waals surface area contributed by atoms with Crippen LogP contribution in [-0.2, 0) is 4.74 Å². The van der Waals surface area contributed by atoms with Crippen LogP contribution < -0.4 is 5.32 Å². The number of rotatable bonds is 5. The summed E-state index contributed by atoms with van der Waals surface area (Å²) in [6, 6.07) is 0.468. The van der Waals surface area contributed by atoms with E-state index in [1.807, 2.05) is 6.26 Å². The summed E-state index contributed by atoms with van der Waals surface area (Å²) in [6.07, 6.45) is 9.00. The first-order chi connectivity index (χ1) is 10.8. The summed E-state index contributed by atoms with van der Waals surface area (Å²) in [6.45, 7) is 2.89. The second-order valence-corrected chi connectivity index (χ2v) is 8.07. The molecule has 2 aromatic rings. The number of hydrogen-bond acceptors (Lipinski definition) is 7. The largest absolute Gasteiger partial charge is 0.378 e. The van der Waals surface area contributed by atoms with E-state index >= 15 is 0 Å². The van der Waals surface area contributed by atoms with Crippen LogP contribution in [-0.4, -0.2) is 40.0 Å². The van der Waals surface area contributed by atoms with Crippen molar-refractivity contribution in [3.05, 3.63) is 6.33 Å². The Morgan fingerprint density at radius 1 is 1.45 bits per heavy atom. The van der Waals surface area contributed by atoms with Crippen molar-refractivity contribution in [3.8, 4) is 0 Å². The van der Waals surface area contributed by atoms with Crippen molar-refractivity contribution in [2.75, 3.05) is 18.2 Å². The van der Waals surface area contributed by atoms with Gasteiger partial charge in [0.2, 0.25) is 0 Å². The number of thiazole rings is 1. The third kappa shape index (κ3) is 2.13. The Balaban J connectivity index is 1.58. The molecule has 2 aliphatic rings. The third-order valence-electron chi connectivity index (χ3n) is 5.09. The molecule has 2 aromatic heterocycles. The number of nitrogens with zero attached hydrogens (tertiary/aromatic N) is 3. The Bertz CT molecular complexity index is 685. The smallest absolute Gasteiger partial charge is 0.176 e. The van der Waals surface area contributed by atoms with Gasteiger partial charge in [0.15, 0.2) is 9.99 Å². The van der Waals surface area contributed by atoms with E-state index in [9.17, 15) is 0 Å². The van der Waals surface area contributed by atoms with E-state index in [2.05, 4.69) is 27.2 Å². The molecule has 1 spiro atoms. The zero-order chi connectivity index (χ0) is 15.2. The van der Waals surface area contributed by atoms with Gasteiger partial charge in [-0.1, -0.05) is 18.2 Å². The molecule has 2 heterocycles. The lowest BCUT2D eigenvalue weighted by atomic mass is 9.51. The molecule has 2 saturated carbocycles. The van der Waals surface area contributed by atoms with Gasteiger partial charge >= 0.3 is 0 Å². The molecule has 2 fully saturated rings. The van der Waals surface area contributed by atoms with E-state index in [0.29, 0.717) is 17.6 Å². The molecule has 2 unspecified atom stereocenters. The molecule has 0 aliphatic heterocycles. The first kappa shape index (κ1) is 14.7. The fraction of sp³-hybridized carbons (Fsp3) is 0.667. The molecule has 118 valence electrons. The minimum Gasteiger partial charge on any atom is -0.378 e. The standard InChI is InChI=1S/C15H20N4OS2/c1-3-20-10-7-9(15(10)5-4-6-15)18-12-11-13(17-8-16-12)19-14(21-2)22-11/h8-10H,3-7H2,1-2H3,(H,16,17,18). The van der Waals surface area contributed by atoms with Crippen molar-refractivity contribution >= 4 is 39.3 Å². The van der Waals surface area contributed by atoms with E-state index in [1.54, 1.807) is 29.4 Å². The van der Waals surface area contributed by atoms with Crippen LogP contribution in [0.1, 0.15) is 32.6 Å². The monoisotopic (exact) mass is 336 g/mol. The Morgan fingerprint density at radius 3 is 3.00 bits per heavy atom. The van der Waals surface area contributed by atoms with Crippen molar-refractivity contribution in [1.29, 1.82) is 0 Å². The van der Waals surface area contributed by atoms with E-state index < -0.39 is 0 Å². The maximum atomic E-state index is 5.93. The summed E-state index contributed by atoms with van der Waals surface area (Å²) in [5.41, 5.74) is 1.13. The minimum atomic E-state index is 0.334. The third-order valence-corrected chi connectivity index (χ3v) is 7.13. The van der Waals surface area contributed by atoms with Crippen LogP contribution in [0.25, 0.3) is 10.3 Å². The molecule has 0 aromatic carbocycles. The maximum Gasteiger partial charge on any atom is 0.176 e.